The molecule has 1 fully saturated rings. The zero-order valence-electron chi connectivity index (χ0n) is 10.7. The first-order valence-corrected chi connectivity index (χ1v) is 7.41. The smallest absolute Gasteiger partial charge is 0.125 e. The normalized spacial score (nSPS) is 21.4. The molecule has 0 bridgehead atoms. The largest absolute Gasteiger partial charge is 0.368 e. The van der Waals surface area contributed by atoms with Crippen LogP contribution in [0.1, 0.15) is 62.7 Å². The van der Waals surface area contributed by atoms with Crippen LogP contribution in [0.15, 0.2) is 5.38 Å². The Morgan fingerprint density at radius 3 is 2.71 bits per heavy atom. The van der Waals surface area contributed by atoms with E-state index in [0.717, 1.165) is 30.2 Å². The lowest BCUT2D eigenvalue weighted by atomic mass is 9.85. The fraction of sp³-hybridized carbons (Fsp3) is 0.769. The SMILES string of the molecule is CCOC1(c2nc(C(C)N)cs2)CCCCC1. The minimum atomic E-state index is -0.120. The second kappa shape index (κ2) is 5.46. The fourth-order valence-corrected chi connectivity index (χ4v) is 3.66. The van der Waals surface area contributed by atoms with Crippen LogP contribution in [0.25, 0.3) is 0 Å². The third-order valence-electron chi connectivity index (χ3n) is 3.46. The Bertz CT molecular complexity index is 351. The lowest BCUT2D eigenvalue weighted by Crippen LogP contribution is -2.32. The first-order chi connectivity index (χ1) is 8.18. The second-order valence-corrected chi connectivity index (χ2v) is 5.71. The zero-order valence-corrected chi connectivity index (χ0v) is 11.6. The summed E-state index contributed by atoms with van der Waals surface area (Å²) in [7, 11) is 0. The highest BCUT2D eigenvalue weighted by molar-refractivity contribution is 7.09. The number of nitrogens with two attached hydrogens (primary N) is 1. The van der Waals surface area contributed by atoms with Crippen molar-refractivity contribution in [2.45, 2.75) is 57.6 Å². The monoisotopic (exact) mass is 254 g/mol. The van der Waals surface area contributed by atoms with Crippen LogP contribution in [0.4, 0.5) is 0 Å². The average molecular weight is 254 g/mol. The average Bonchev–Trinajstić information content (AvgIpc) is 2.80. The van der Waals surface area contributed by atoms with E-state index < -0.39 is 0 Å². The van der Waals surface area contributed by atoms with Crippen molar-refractivity contribution >= 4 is 11.3 Å². The van der Waals surface area contributed by atoms with E-state index in [-0.39, 0.29) is 11.6 Å². The van der Waals surface area contributed by atoms with Gasteiger partial charge in [0.15, 0.2) is 0 Å². The van der Waals surface area contributed by atoms with Crippen molar-refractivity contribution in [3.05, 3.63) is 16.1 Å². The van der Waals surface area contributed by atoms with E-state index in [1.807, 2.05) is 6.92 Å². The van der Waals surface area contributed by atoms with Gasteiger partial charge < -0.3 is 10.5 Å². The highest BCUT2D eigenvalue weighted by atomic mass is 32.1. The van der Waals surface area contributed by atoms with Crippen LogP contribution in [0.2, 0.25) is 0 Å². The minimum Gasteiger partial charge on any atom is -0.368 e. The van der Waals surface area contributed by atoms with E-state index in [2.05, 4.69) is 12.3 Å². The molecule has 1 aliphatic carbocycles. The summed E-state index contributed by atoms with van der Waals surface area (Å²) in [4.78, 5) is 4.69. The Balaban J connectivity index is 2.24. The lowest BCUT2D eigenvalue weighted by Gasteiger charge is -2.35. The molecule has 1 aromatic rings. The molecule has 3 nitrogen and oxygen atoms in total. The summed E-state index contributed by atoms with van der Waals surface area (Å²) >= 11 is 1.71. The van der Waals surface area contributed by atoms with Crippen LogP contribution in [0, 0.1) is 0 Å². The molecule has 4 heteroatoms. The van der Waals surface area contributed by atoms with Gasteiger partial charge in [-0.3, -0.25) is 0 Å². The topological polar surface area (TPSA) is 48.1 Å². The van der Waals surface area contributed by atoms with Gasteiger partial charge in [-0.2, -0.15) is 0 Å². The molecule has 96 valence electrons. The molecule has 1 unspecified atom stereocenters. The van der Waals surface area contributed by atoms with Gasteiger partial charge in [0, 0.05) is 18.0 Å². The van der Waals surface area contributed by atoms with Crippen molar-refractivity contribution in [1.29, 1.82) is 0 Å². The summed E-state index contributed by atoms with van der Waals surface area (Å²) in [5.41, 5.74) is 6.75. The van der Waals surface area contributed by atoms with E-state index >= 15 is 0 Å². The summed E-state index contributed by atoms with van der Waals surface area (Å²) < 4.78 is 6.06. The summed E-state index contributed by atoms with van der Waals surface area (Å²) in [5.74, 6) is 0. The highest BCUT2D eigenvalue weighted by Crippen LogP contribution is 2.42. The maximum atomic E-state index is 6.06. The number of hydrogen-bond acceptors (Lipinski definition) is 4. The van der Waals surface area contributed by atoms with E-state index in [0.29, 0.717) is 0 Å². The molecule has 0 saturated heterocycles. The predicted octanol–water partition coefficient (Wildman–Crippen LogP) is 3.36. The van der Waals surface area contributed by atoms with Crippen molar-refractivity contribution in [3.8, 4) is 0 Å². The molecule has 2 N–H and O–H groups in total. The highest BCUT2D eigenvalue weighted by Gasteiger charge is 2.37. The third-order valence-corrected chi connectivity index (χ3v) is 4.51. The van der Waals surface area contributed by atoms with Gasteiger partial charge in [-0.25, -0.2) is 4.98 Å². The van der Waals surface area contributed by atoms with Crippen molar-refractivity contribution in [3.63, 3.8) is 0 Å². The van der Waals surface area contributed by atoms with Crippen LogP contribution in [0.3, 0.4) is 0 Å². The molecule has 0 spiro atoms. The van der Waals surface area contributed by atoms with Gasteiger partial charge in [-0.05, 0) is 26.7 Å². The van der Waals surface area contributed by atoms with E-state index in [9.17, 15) is 0 Å². The predicted molar refractivity (Wildman–Crippen MR) is 71.1 cm³/mol. The van der Waals surface area contributed by atoms with Crippen molar-refractivity contribution < 1.29 is 4.74 Å². The second-order valence-electron chi connectivity index (χ2n) is 4.85. The molecule has 17 heavy (non-hydrogen) atoms. The van der Waals surface area contributed by atoms with Gasteiger partial charge in [-0.1, -0.05) is 19.3 Å². The fourth-order valence-electron chi connectivity index (χ4n) is 2.52. The van der Waals surface area contributed by atoms with Crippen molar-refractivity contribution in [1.82, 2.24) is 4.98 Å². The number of thiazole rings is 1. The number of aromatic nitrogens is 1. The molecular weight excluding hydrogens is 232 g/mol. The molecule has 1 heterocycles. The first kappa shape index (κ1) is 13.0. The Labute approximate surface area is 107 Å². The van der Waals surface area contributed by atoms with Crippen LogP contribution in [0.5, 0.6) is 0 Å². The molecule has 0 amide bonds. The summed E-state index contributed by atoms with van der Waals surface area (Å²) in [6.45, 7) is 4.80. The molecule has 2 rings (SSSR count). The van der Waals surface area contributed by atoms with Crippen molar-refractivity contribution in [2.75, 3.05) is 6.61 Å². The Morgan fingerprint density at radius 2 is 2.18 bits per heavy atom. The van der Waals surface area contributed by atoms with Crippen LogP contribution in [-0.2, 0) is 10.3 Å². The number of ether oxygens (including phenoxy) is 1. The lowest BCUT2D eigenvalue weighted by molar-refractivity contribution is -0.0705. The molecule has 0 radical (unpaired) electrons. The summed E-state index contributed by atoms with van der Waals surface area (Å²) in [6.07, 6.45) is 6.01. The molecule has 0 aliphatic heterocycles. The van der Waals surface area contributed by atoms with Gasteiger partial charge in [0.1, 0.15) is 10.6 Å². The zero-order chi connectivity index (χ0) is 12.3. The molecule has 1 saturated carbocycles. The van der Waals surface area contributed by atoms with Gasteiger partial charge >= 0.3 is 0 Å². The van der Waals surface area contributed by atoms with Crippen LogP contribution in [-0.4, -0.2) is 11.6 Å². The molecule has 1 atom stereocenters. The molecule has 1 aliphatic rings. The summed E-state index contributed by atoms with van der Waals surface area (Å²) in [5, 5.41) is 3.21. The van der Waals surface area contributed by atoms with E-state index in [1.54, 1.807) is 11.3 Å². The first-order valence-electron chi connectivity index (χ1n) is 6.53. The quantitative estimate of drug-likeness (QED) is 0.896. The van der Waals surface area contributed by atoms with Crippen LogP contribution >= 0.6 is 11.3 Å². The van der Waals surface area contributed by atoms with Gasteiger partial charge in [0.25, 0.3) is 0 Å². The van der Waals surface area contributed by atoms with Gasteiger partial charge in [0.05, 0.1) is 5.69 Å². The Hall–Kier alpha value is -0.450. The van der Waals surface area contributed by atoms with Gasteiger partial charge in [0.2, 0.25) is 0 Å². The standard InChI is InChI=1S/C13H22N2OS/c1-3-16-13(7-5-4-6-8-13)12-15-11(9-17-12)10(2)14/h9-10H,3-8,14H2,1-2H3. The minimum absolute atomic E-state index is 0.0160. The van der Waals surface area contributed by atoms with Crippen LogP contribution < -0.4 is 5.73 Å². The van der Waals surface area contributed by atoms with E-state index in [4.69, 9.17) is 15.5 Å². The van der Waals surface area contributed by atoms with Gasteiger partial charge in [-0.15, -0.1) is 11.3 Å². The molecular formula is C13H22N2OS. The number of nitrogens with zero attached hydrogens (tertiary/aromatic N) is 1. The maximum absolute atomic E-state index is 6.06. The molecule has 0 aromatic carbocycles. The number of rotatable bonds is 4. The van der Waals surface area contributed by atoms with Crippen molar-refractivity contribution in [2.24, 2.45) is 5.73 Å². The number of hydrogen-bond donors (Lipinski definition) is 1. The maximum Gasteiger partial charge on any atom is 0.125 e. The molecule has 1 aromatic heterocycles. The summed E-state index contributed by atoms with van der Waals surface area (Å²) in [6, 6.07) is 0.0160. The Morgan fingerprint density at radius 1 is 1.47 bits per heavy atom. The Kier molecular flexibility index (Phi) is 4.17. The third kappa shape index (κ3) is 2.69. The van der Waals surface area contributed by atoms with E-state index in [1.165, 1.54) is 19.3 Å².